The number of amides is 1. The zero-order valence-corrected chi connectivity index (χ0v) is 31.4. The van der Waals surface area contributed by atoms with Gasteiger partial charge in [-0.3, -0.25) is 4.79 Å². The predicted molar refractivity (Wildman–Crippen MR) is 186 cm³/mol. The summed E-state index contributed by atoms with van der Waals surface area (Å²) in [6, 6.07) is -0.749. The molecule has 15 nitrogen and oxygen atoms in total. The number of carbonyl (C=O) groups excluding carboxylic acids is 1. The zero-order chi connectivity index (χ0) is 35.2. The minimum Gasteiger partial charge on any atom is -0.478 e. The van der Waals surface area contributed by atoms with Gasteiger partial charge in [0.25, 0.3) is 0 Å². The molecule has 3 heterocycles. The highest BCUT2D eigenvalue weighted by Crippen LogP contribution is 2.37. The molecule has 3 rings (SSSR count). The van der Waals surface area contributed by atoms with Gasteiger partial charge in [-0.25, -0.2) is 24.7 Å². The molecule has 1 aliphatic heterocycles. The summed E-state index contributed by atoms with van der Waals surface area (Å²) < 4.78 is 13.0. The Labute approximate surface area is 279 Å². The number of carboxylic acids is 1. The van der Waals surface area contributed by atoms with E-state index in [0.717, 1.165) is 0 Å². The Morgan fingerprint density at radius 1 is 0.915 bits per heavy atom. The van der Waals surface area contributed by atoms with Crippen LogP contribution in [0, 0.1) is 0 Å². The quantitative estimate of drug-likeness (QED) is 0.122. The van der Waals surface area contributed by atoms with Gasteiger partial charge in [0.05, 0.1) is 31.0 Å². The average Bonchev–Trinajstić information content (AvgIpc) is 2.99. The number of nitrogens with zero attached hydrogens (tertiary/aromatic N) is 10. The fourth-order valence-electron chi connectivity index (χ4n) is 4.37. The van der Waals surface area contributed by atoms with Crippen molar-refractivity contribution in [3.05, 3.63) is 40.8 Å². The van der Waals surface area contributed by atoms with Gasteiger partial charge < -0.3 is 28.7 Å². The number of hydrogen-bond donors (Lipinski definition) is 1. The predicted octanol–water partition coefficient (Wildman–Crippen LogP) is 5.47. The third-order valence-corrected chi connectivity index (χ3v) is 18.5. The second-order valence-electron chi connectivity index (χ2n) is 14.7. The molecular weight excluding hydrogens is 637 g/mol. The van der Waals surface area contributed by atoms with Crippen LogP contribution in [0.3, 0.4) is 0 Å². The lowest BCUT2D eigenvalue weighted by atomic mass is 10.1. The van der Waals surface area contributed by atoms with Crippen molar-refractivity contribution >= 4 is 46.1 Å². The maximum absolute atomic E-state index is 14.6. The number of aromatic carboxylic acids is 1. The molecule has 0 saturated carbocycles. The van der Waals surface area contributed by atoms with Crippen LogP contribution in [0.15, 0.2) is 29.9 Å². The first-order chi connectivity index (χ1) is 21.8. The molecule has 0 bridgehead atoms. The van der Waals surface area contributed by atoms with E-state index >= 15 is 0 Å². The van der Waals surface area contributed by atoms with Crippen molar-refractivity contribution in [2.24, 2.45) is 5.11 Å². The Balaban J connectivity index is 1.94. The van der Waals surface area contributed by atoms with Crippen LogP contribution in [0.2, 0.25) is 36.3 Å². The summed E-state index contributed by atoms with van der Waals surface area (Å²) in [7, 11) is -4.15. The lowest BCUT2D eigenvalue weighted by Gasteiger charge is -2.43. The average molecular weight is 687 g/mol. The summed E-state index contributed by atoms with van der Waals surface area (Å²) in [5.41, 5.74) is 8.98. The number of aromatic nitrogens is 4. The number of rotatable bonds is 13. The fraction of sp³-hybridized carbons (Fsp3) is 0.667. The van der Waals surface area contributed by atoms with Crippen molar-refractivity contribution in [2.45, 2.75) is 83.8 Å². The molecular formula is C30H50N10O5Si2. The molecule has 0 aromatic carbocycles. The van der Waals surface area contributed by atoms with Crippen LogP contribution in [0.25, 0.3) is 10.4 Å². The van der Waals surface area contributed by atoms with Gasteiger partial charge in [0, 0.05) is 55.9 Å². The van der Waals surface area contributed by atoms with Crippen molar-refractivity contribution < 1.29 is 23.5 Å². The lowest BCUT2D eigenvalue weighted by molar-refractivity contribution is -0.133. The lowest BCUT2D eigenvalue weighted by Crippen LogP contribution is -2.61. The summed E-state index contributed by atoms with van der Waals surface area (Å²) in [4.78, 5) is 51.7. The first-order valence-corrected chi connectivity index (χ1v) is 21.6. The van der Waals surface area contributed by atoms with Gasteiger partial charge in [-0.15, -0.1) is 0 Å². The molecule has 1 atom stereocenters. The molecule has 1 fully saturated rings. The normalized spacial score (nSPS) is 16.1. The molecule has 1 aliphatic rings. The van der Waals surface area contributed by atoms with Gasteiger partial charge in [-0.1, -0.05) is 46.7 Å². The van der Waals surface area contributed by atoms with Gasteiger partial charge in [0.15, 0.2) is 16.6 Å². The van der Waals surface area contributed by atoms with Crippen molar-refractivity contribution in [2.75, 3.05) is 55.7 Å². The van der Waals surface area contributed by atoms with Crippen molar-refractivity contribution in [1.29, 1.82) is 0 Å². The van der Waals surface area contributed by atoms with Crippen LogP contribution in [0.5, 0.6) is 0 Å². The highest BCUT2D eigenvalue weighted by atomic mass is 28.4. The van der Waals surface area contributed by atoms with Crippen LogP contribution < -0.4 is 9.80 Å². The van der Waals surface area contributed by atoms with Crippen LogP contribution in [-0.4, -0.2) is 110 Å². The molecule has 1 amide bonds. The number of azide groups is 1. The Morgan fingerprint density at radius 3 is 1.85 bits per heavy atom. The Bertz CT molecular complexity index is 1390. The van der Waals surface area contributed by atoms with Gasteiger partial charge in [-0.05, 0) is 41.8 Å². The van der Waals surface area contributed by atoms with E-state index < -0.39 is 28.6 Å². The maximum Gasteiger partial charge on any atom is 0.338 e. The minimum absolute atomic E-state index is 0.0154. The van der Waals surface area contributed by atoms with E-state index in [1.54, 1.807) is 9.80 Å². The molecule has 0 aliphatic carbocycles. The molecule has 1 N–H and O–H groups in total. The number of carbonyl (C=O) groups is 2. The van der Waals surface area contributed by atoms with Gasteiger partial charge in [-0.2, -0.15) is 0 Å². The highest BCUT2D eigenvalue weighted by Gasteiger charge is 2.40. The molecule has 47 heavy (non-hydrogen) atoms. The first kappa shape index (κ1) is 37.8. The first-order valence-electron chi connectivity index (χ1n) is 15.8. The molecule has 1 saturated heterocycles. The van der Waals surface area contributed by atoms with E-state index in [1.165, 1.54) is 24.8 Å². The summed E-state index contributed by atoms with van der Waals surface area (Å²) >= 11 is 0. The summed E-state index contributed by atoms with van der Waals surface area (Å²) in [6.07, 6.45) is 5.35. The van der Waals surface area contributed by atoms with E-state index in [0.29, 0.717) is 45.3 Å². The van der Waals surface area contributed by atoms with E-state index in [9.17, 15) is 14.7 Å². The third kappa shape index (κ3) is 9.70. The fourth-order valence-corrected chi connectivity index (χ4v) is 6.44. The minimum atomic E-state index is -2.07. The highest BCUT2D eigenvalue weighted by molar-refractivity contribution is 6.74. The number of anilines is 2. The molecule has 2 aromatic rings. The van der Waals surface area contributed by atoms with Crippen molar-refractivity contribution in [1.82, 2.24) is 24.8 Å². The van der Waals surface area contributed by atoms with Crippen LogP contribution in [-0.2, 0) is 13.6 Å². The van der Waals surface area contributed by atoms with Crippen molar-refractivity contribution in [3.63, 3.8) is 0 Å². The van der Waals surface area contributed by atoms with Gasteiger partial charge >= 0.3 is 5.97 Å². The van der Waals surface area contributed by atoms with Crippen molar-refractivity contribution in [3.8, 4) is 0 Å². The Hall–Kier alpha value is -3.64. The standard InChI is InChI=1S/C30H50N10O5Si2/c1-29(2,3)46(7,8)44-15-13-38(14-16-45-47(9,10)30(4,5)6)25(41)24-21-39(27-34-19-23(20-35-27)36-37-31)11-12-40(24)28-32-17-22(18-33-28)26(42)43/h17-20,24H,11-16,21H2,1-10H3,(H,42,43)/t24-/m1/s1. The monoisotopic (exact) mass is 686 g/mol. The molecule has 0 radical (unpaired) electrons. The second-order valence-corrected chi connectivity index (χ2v) is 24.3. The van der Waals surface area contributed by atoms with Crippen LogP contribution >= 0.6 is 0 Å². The molecule has 2 aromatic heterocycles. The topological polar surface area (TPSA) is 183 Å². The van der Waals surface area contributed by atoms with E-state index in [-0.39, 0.29) is 39.7 Å². The Kier molecular flexibility index (Phi) is 12.1. The van der Waals surface area contributed by atoms with E-state index in [2.05, 4.69) is 97.7 Å². The molecule has 0 spiro atoms. The SMILES string of the molecule is CC(C)(C)[Si](C)(C)OCCN(CCO[Si](C)(C)C(C)(C)C)C(=O)[C@H]1CN(c2ncc(N=[N+]=[N-])cn2)CCN1c1ncc(C(=O)O)cn1. The number of piperazine rings is 1. The number of hydrogen-bond acceptors (Lipinski definition) is 11. The van der Waals surface area contributed by atoms with Crippen LogP contribution in [0.1, 0.15) is 51.9 Å². The summed E-state index contributed by atoms with van der Waals surface area (Å²) in [5, 5.41) is 12.9. The summed E-state index contributed by atoms with van der Waals surface area (Å²) in [6.45, 7) is 24.3. The van der Waals surface area contributed by atoms with Gasteiger partial charge in [0.1, 0.15) is 6.04 Å². The third-order valence-electron chi connectivity index (χ3n) is 9.45. The number of carboxylic acid groups (broad SMARTS) is 1. The molecule has 17 heteroatoms. The van der Waals surface area contributed by atoms with E-state index in [4.69, 9.17) is 14.4 Å². The molecule has 258 valence electrons. The largest absolute Gasteiger partial charge is 0.478 e. The van der Waals surface area contributed by atoms with E-state index in [1.807, 2.05) is 4.90 Å². The second kappa shape index (κ2) is 15.1. The molecule has 0 unspecified atom stereocenters. The van der Waals surface area contributed by atoms with Gasteiger partial charge in [0.2, 0.25) is 17.8 Å². The maximum atomic E-state index is 14.6. The van der Waals surface area contributed by atoms with Crippen LogP contribution in [0.4, 0.5) is 17.6 Å². The Morgan fingerprint density at radius 2 is 1.40 bits per heavy atom. The summed E-state index contributed by atoms with van der Waals surface area (Å²) in [5.74, 6) is -0.660. The smallest absolute Gasteiger partial charge is 0.338 e. The zero-order valence-electron chi connectivity index (χ0n) is 29.4.